The van der Waals surface area contributed by atoms with Crippen LogP contribution in [0.3, 0.4) is 0 Å². The van der Waals surface area contributed by atoms with E-state index in [0.717, 1.165) is 19.3 Å². The number of aliphatic hydroxyl groups is 1. The van der Waals surface area contributed by atoms with Gasteiger partial charge in [-0.05, 0) is 30.5 Å². The number of benzene rings is 1. The Kier molecular flexibility index (Phi) is 6.44. The highest BCUT2D eigenvalue weighted by atomic mass is 19.4. The lowest BCUT2D eigenvalue weighted by atomic mass is 10.1. The largest absolute Gasteiger partial charge is 0.411 e. The lowest BCUT2D eigenvalue weighted by Crippen LogP contribution is -2.35. The fourth-order valence-electron chi connectivity index (χ4n) is 2.68. The van der Waals surface area contributed by atoms with Crippen molar-refractivity contribution in [2.24, 2.45) is 5.92 Å². The molecule has 5 nitrogen and oxygen atoms in total. The molecule has 1 fully saturated rings. The number of hydrogen-bond acceptors (Lipinski definition) is 3. The molecule has 0 radical (unpaired) electrons. The zero-order valence-corrected chi connectivity index (χ0v) is 13.1. The number of alkyl halides is 3. The van der Waals surface area contributed by atoms with E-state index < -0.39 is 18.8 Å². The quantitative estimate of drug-likeness (QED) is 0.741. The number of carbonyl (C=O) groups is 1. The van der Waals surface area contributed by atoms with Crippen LogP contribution in [0.1, 0.15) is 24.8 Å². The Morgan fingerprint density at radius 1 is 1.33 bits per heavy atom. The lowest BCUT2D eigenvalue weighted by molar-refractivity contribution is -0.176. The van der Waals surface area contributed by atoms with Crippen LogP contribution in [0.15, 0.2) is 24.3 Å². The van der Waals surface area contributed by atoms with Gasteiger partial charge in [0, 0.05) is 18.2 Å². The molecule has 1 aliphatic carbocycles. The number of hydrogen-bond donors (Lipinski definition) is 3. The van der Waals surface area contributed by atoms with Crippen LogP contribution < -0.4 is 10.6 Å². The summed E-state index contributed by atoms with van der Waals surface area (Å²) in [5, 5.41) is 15.0. The summed E-state index contributed by atoms with van der Waals surface area (Å²) < 4.78 is 40.7. The standard InChI is InChI=1S/C16H21F3N2O3/c17-16(18,19)10-24-9-11-3-1-5-13(7-11)21-15(23)20-8-12-4-2-6-14(12)22/h1,3,5,7,12,14,22H,2,4,6,8-10H2,(H2,20,21,23). The fourth-order valence-corrected chi connectivity index (χ4v) is 2.68. The molecule has 2 amide bonds. The van der Waals surface area contributed by atoms with E-state index in [2.05, 4.69) is 15.4 Å². The minimum atomic E-state index is -4.36. The Bertz CT molecular complexity index is 552. The zero-order chi connectivity index (χ0) is 17.6. The fraction of sp³-hybridized carbons (Fsp3) is 0.562. The first-order valence-electron chi connectivity index (χ1n) is 7.80. The summed E-state index contributed by atoms with van der Waals surface area (Å²) in [7, 11) is 0. The van der Waals surface area contributed by atoms with Crippen LogP contribution in [0.2, 0.25) is 0 Å². The summed E-state index contributed by atoms with van der Waals surface area (Å²) in [6, 6.07) is 6.02. The number of aliphatic hydroxyl groups excluding tert-OH is 1. The first kappa shape index (κ1) is 18.5. The molecule has 0 aliphatic heterocycles. The molecule has 0 aromatic heterocycles. The Balaban J connectivity index is 1.77. The molecular weight excluding hydrogens is 325 g/mol. The summed E-state index contributed by atoms with van der Waals surface area (Å²) in [6.45, 7) is -1.11. The molecule has 0 bridgehead atoms. The van der Waals surface area contributed by atoms with E-state index in [1.54, 1.807) is 24.3 Å². The van der Waals surface area contributed by atoms with Crippen molar-refractivity contribution < 1.29 is 27.8 Å². The summed E-state index contributed by atoms with van der Waals surface area (Å²) in [4.78, 5) is 11.8. The SMILES string of the molecule is O=C(NCC1CCCC1O)Nc1cccc(COCC(F)(F)F)c1. The molecular formula is C16H21F3N2O3. The van der Waals surface area contributed by atoms with Gasteiger partial charge in [0.1, 0.15) is 6.61 Å². The van der Waals surface area contributed by atoms with Crippen molar-refractivity contribution >= 4 is 11.7 Å². The lowest BCUT2D eigenvalue weighted by Gasteiger charge is -2.15. The van der Waals surface area contributed by atoms with Gasteiger partial charge in [0.25, 0.3) is 0 Å². The van der Waals surface area contributed by atoms with Crippen molar-refractivity contribution in [3.05, 3.63) is 29.8 Å². The maximum atomic E-state index is 12.0. The van der Waals surface area contributed by atoms with E-state index >= 15 is 0 Å². The second-order valence-corrected chi connectivity index (χ2v) is 5.90. The van der Waals surface area contributed by atoms with Crippen molar-refractivity contribution in [2.45, 2.75) is 38.1 Å². The number of ether oxygens (including phenoxy) is 1. The maximum Gasteiger partial charge on any atom is 0.411 e. The van der Waals surface area contributed by atoms with Gasteiger partial charge in [-0.3, -0.25) is 0 Å². The van der Waals surface area contributed by atoms with Crippen LogP contribution in [0.4, 0.5) is 23.7 Å². The monoisotopic (exact) mass is 346 g/mol. The molecule has 1 saturated carbocycles. The zero-order valence-electron chi connectivity index (χ0n) is 13.1. The molecule has 1 aromatic rings. The van der Waals surface area contributed by atoms with Crippen LogP contribution in [-0.2, 0) is 11.3 Å². The molecule has 134 valence electrons. The van der Waals surface area contributed by atoms with Crippen LogP contribution in [0, 0.1) is 5.92 Å². The van der Waals surface area contributed by atoms with E-state index in [4.69, 9.17) is 0 Å². The number of carbonyl (C=O) groups excluding carboxylic acids is 1. The highest BCUT2D eigenvalue weighted by Crippen LogP contribution is 2.24. The molecule has 0 heterocycles. The third kappa shape index (κ3) is 6.37. The van der Waals surface area contributed by atoms with Crippen molar-refractivity contribution in [1.29, 1.82) is 0 Å². The molecule has 0 saturated heterocycles. The number of anilines is 1. The van der Waals surface area contributed by atoms with Crippen molar-refractivity contribution in [2.75, 3.05) is 18.5 Å². The molecule has 2 atom stereocenters. The van der Waals surface area contributed by atoms with Crippen LogP contribution in [0.25, 0.3) is 0 Å². The normalized spacial score (nSPS) is 20.8. The summed E-state index contributed by atoms with van der Waals surface area (Å²) in [5.74, 6) is 0.0675. The van der Waals surface area contributed by atoms with Gasteiger partial charge in [0.2, 0.25) is 0 Å². The predicted molar refractivity (Wildman–Crippen MR) is 82.5 cm³/mol. The van der Waals surface area contributed by atoms with Gasteiger partial charge < -0.3 is 20.5 Å². The molecule has 24 heavy (non-hydrogen) atoms. The van der Waals surface area contributed by atoms with Gasteiger partial charge in [-0.15, -0.1) is 0 Å². The van der Waals surface area contributed by atoms with Crippen LogP contribution in [0.5, 0.6) is 0 Å². The first-order chi connectivity index (χ1) is 11.3. The highest BCUT2D eigenvalue weighted by molar-refractivity contribution is 5.89. The topological polar surface area (TPSA) is 70.6 Å². The van der Waals surface area contributed by atoms with Crippen molar-refractivity contribution in [1.82, 2.24) is 5.32 Å². The molecule has 8 heteroatoms. The second-order valence-electron chi connectivity index (χ2n) is 5.90. The average molecular weight is 346 g/mol. The van der Waals surface area contributed by atoms with Crippen LogP contribution >= 0.6 is 0 Å². The van der Waals surface area contributed by atoms with Gasteiger partial charge in [-0.1, -0.05) is 18.6 Å². The van der Waals surface area contributed by atoms with E-state index in [1.165, 1.54) is 0 Å². The molecule has 2 rings (SSSR count). The molecule has 0 spiro atoms. The first-order valence-corrected chi connectivity index (χ1v) is 7.80. The van der Waals surface area contributed by atoms with Gasteiger partial charge in [0.05, 0.1) is 12.7 Å². The molecule has 3 N–H and O–H groups in total. The Hall–Kier alpha value is -1.80. The third-order valence-electron chi connectivity index (χ3n) is 3.86. The maximum absolute atomic E-state index is 12.0. The smallest absolute Gasteiger partial charge is 0.393 e. The highest BCUT2D eigenvalue weighted by Gasteiger charge is 2.27. The summed E-state index contributed by atoms with van der Waals surface area (Å²) >= 11 is 0. The molecule has 1 aromatic carbocycles. The van der Waals surface area contributed by atoms with E-state index in [0.29, 0.717) is 17.8 Å². The van der Waals surface area contributed by atoms with E-state index in [-0.39, 0.29) is 18.6 Å². The minimum Gasteiger partial charge on any atom is -0.393 e. The average Bonchev–Trinajstić information content (AvgIpc) is 2.89. The van der Waals surface area contributed by atoms with Crippen molar-refractivity contribution in [3.63, 3.8) is 0 Å². The van der Waals surface area contributed by atoms with Crippen molar-refractivity contribution in [3.8, 4) is 0 Å². The Morgan fingerprint density at radius 2 is 2.12 bits per heavy atom. The van der Waals surface area contributed by atoms with E-state index in [1.807, 2.05) is 0 Å². The van der Waals surface area contributed by atoms with Gasteiger partial charge in [-0.25, -0.2) is 4.79 Å². The number of nitrogens with one attached hydrogen (secondary N) is 2. The van der Waals surface area contributed by atoms with Crippen LogP contribution in [-0.4, -0.2) is 36.6 Å². The Morgan fingerprint density at radius 3 is 2.79 bits per heavy atom. The third-order valence-corrected chi connectivity index (χ3v) is 3.86. The number of halogens is 3. The van der Waals surface area contributed by atoms with Gasteiger partial charge >= 0.3 is 12.2 Å². The van der Waals surface area contributed by atoms with Gasteiger partial charge in [0.15, 0.2) is 0 Å². The second kappa shape index (κ2) is 8.34. The predicted octanol–water partition coefficient (Wildman–Crippen LogP) is 3.05. The number of urea groups is 1. The number of rotatable bonds is 6. The molecule has 2 unspecified atom stereocenters. The molecule has 1 aliphatic rings. The minimum absolute atomic E-state index is 0.0675. The Labute approximate surface area is 138 Å². The summed E-state index contributed by atoms with van der Waals surface area (Å²) in [5.41, 5.74) is 0.996. The summed E-state index contributed by atoms with van der Waals surface area (Å²) in [6.07, 6.45) is -2.14. The number of amides is 2. The van der Waals surface area contributed by atoms with Gasteiger partial charge in [-0.2, -0.15) is 13.2 Å². The van der Waals surface area contributed by atoms with E-state index in [9.17, 15) is 23.1 Å².